The minimum atomic E-state index is -0.291. The van der Waals surface area contributed by atoms with Gasteiger partial charge in [0.1, 0.15) is 11.6 Å². The first-order valence-electron chi connectivity index (χ1n) is 11.8. The van der Waals surface area contributed by atoms with Crippen LogP contribution in [0.25, 0.3) is 22.2 Å². The molecule has 5 rings (SSSR count). The zero-order valence-electron chi connectivity index (χ0n) is 19.2. The Bertz CT molecular complexity index is 1280. The van der Waals surface area contributed by atoms with Gasteiger partial charge in [0.2, 0.25) is 5.91 Å². The molecule has 2 heterocycles. The summed E-state index contributed by atoms with van der Waals surface area (Å²) in [5.41, 5.74) is 4.52. The van der Waals surface area contributed by atoms with Gasteiger partial charge in [-0.1, -0.05) is 30.3 Å². The van der Waals surface area contributed by atoms with E-state index in [1.54, 1.807) is 12.3 Å². The number of halogens is 1. The number of carbonyl (C=O) groups is 1. The minimum absolute atomic E-state index is 0.0758. The Hall–Kier alpha value is -3.67. The average molecular weight is 458 g/mol. The van der Waals surface area contributed by atoms with Crippen LogP contribution in [0.1, 0.15) is 43.5 Å². The molecule has 1 unspecified atom stereocenters. The van der Waals surface area contributed by atoms with Crippen molar-refractivity contribution in [2.45, 2.75) is 38.6 Å². The molecule has 1 aliphatic rings. The molecule has 1 saturated carbocycles. The van der Waals surface area contributed by atoms with Crippen molar-refractivity contribution >= 4 is 16.8 Å². The third-order valence-electron chi connectivity index (χ3n) is 6.30. The van der Waals surface area contributed by atoms with Gasteiger partial charge in [-0.05, 0) is 73.6 Å². The van der Waals surface area contributed by atoms with Gasteiger partial charge in [0, 0.05) is 23.0 Å². The first kappa shape index (κ1) is 22.1. The molecule has 0 saturated heterocycles. The highest BCUT2D eigenvalue weighted by molar-refractivity contribution is 5.91. The second kappa shape index (κ2) is 9.67. The van der Waals surface area contributed by atoms with Gasteiger partial charge >= 0.3 is 0 Å². The Morgan fingerprint density at radius 1 is 1.18 bits per heavy atom. The van der Waals surface area contributed by atoms with Crippen molar-refractivity contribution in [3.8, 4) is 17.0 Å². The number of H-pyrrole nitrogens is 1. The number of rotatable bonds is 9. The number of nitrogens with zero attached hydrogens (tertiary/aromatic N) is 1. The van der Waals surface area contributed by atoms with Crippen molar-refractivity contribution in [3.05, 3.63) is 83.9 Å². The van der Waals surface area contributed by atoms with Crippen molar-refractivity contribution in [1.82, 2.24) is 15.3 Å². The lowest BCUT2D eigenvalue weighted by atomic mass is 10.0. The maximum atomic E-state index is 14.0. The zero-order valence-corrected chi connectivity index (χ0v) is 19.2. The quantitative estimate of drug-likeness (QED) is 0.325. The van der Waals surface area contributed by atoms with E-state index >= 15 is 0 Å². The number of hydrogen-bond acceptors (Lipinski definition) is 3. The van der Waals surface area contributed by atoms with Crippen LogP contribution >= 0.6 is 0 Å². The maximum absolute atomic E-state index is 14.0. The number of ether oxygens (including phenoxy) is 1. The number of nitrogens with one attached hydrogen (secondary N) is 2. The normalized spacial score (nSPS) is 14.2. The van der Waals surface area contributed by atoms with Crippen molar-refractivity contribution in [1.29, 1.82) is 0 Å². The molecule has 0 spiro atoms. The molecule has 6 heteroatoms. The molecule has 174 valence electrons. The van der Waals surface area contributed by atoms with Gasteiger partial charge < -0.3 is 15.0 Å². The fourth-order valence-corrected chi connectivity index (χ4v) is 4.19. The van der Waals surface area contributed by atoms with Crippen molar-refractivity contribution in [2.24, 2.45) is 5.92 Å². The Morgan fingerprint density at radius 3 is 2.74 bits per heavy atom. The average Bonchev–Trinajstić information content (AvgIpc) is 3.62. The molecule has 2 aromatic carbocycles. The Morgan fingerprint density at radius 2 is 2.00 bits per heavy atom. The van der Waals surface area contributed by atoms with E-state index in [0.717, 1.165) is 45.8 Å². The highest BCUT2D eigenvalue weighted by atomic mass is 19.1. The summed E-state index contributed by atoms with van der Waals surface area (Å²) in [5, 5.41) is 3.84. The number of aromatic amines is 1. The third kappa shape index (κ3) is 5.11. The van der Waals surface area contributed by atoms with Gasteiger partial charge in [-0.15, -0.1) is 0 Å². The molecule has 0 radical (unpaired) electrons. The second-order valence-electron chi connectivity index (χ2n) is 9.00. The predicted molar refractivity (Wildman–Crippen MR) is 131 cm³/mol. The number of carbonyl (C=O) groups excluding carboxylic acids is 1. The maximum Gasteiger partial charge on any atom is 0.220 e. The number of aromatic nitrogens is 2. The molecule has 2 aromatic heterocycles. The topological polar surface area (TPSA) is 67.0 Å². The van der Waals surface area contributed by atoms with Gasteiger partial charge in [-0.3, -0.25) is 9.78 Å². The summed E-state index contributed by atoms with van der Waals surface area (Å²) < 4.78 is 19.7. The Kier molecular flexibility index (Phi) is 6.30. The minimum Gasteiger partial charge on any atom is -0.492 e. The molecule has 34 heavy (non-hydrogen) atoms. The van der Waals surface area contributed by atoms with Crippen LogP contribution < -0.4 is 10.1 Å². The molecule has 2 N–H and O–H groups in total. The number of amides is 1. The van der Waals surface area contributed by atoms with E-state index in [1.165, 1.54) is 25.0 Å². The molecular weight excluding hydrogens is 429 g/mol. The SMILES string of the molecule is CC(NC(=O)CCc1c(-c2ccccc2)[nH]c2ccc(F)cc12)c1ccc(OCC2CC2)cn1. The number of hydrogen-bond donors (Lipinski definition) is 2. The highest BCUT2D eigenvalue weighted by Crippen LogP contribution is 2.32. The van der Waals surface area contributed by atoms with Crippen molar-refractivity contribution < 1.29 is 13.9 Å². The van der Waals surface area contributed by atoms with Crippen LogP contribution in [0.4, 0.5) is 4.39 Å². The van der Waals surface area contributed by atoms with Crippen LogP contribution in [0.15, 0.2) is 66.9 Å². The summed E-state index contributed by atoms with van der Waals surface area (Å²) in [6, 6.07) is 18.2. The largest absolute Gasteiger partial charge is 0.492 e. The number of benzene rings is 2. The van der Waals surface area contributed by atoms with Gasteiger partial charge in [0.25, 0.3) is 0 Å². The number of pyridine rings is 1. The lowest BCUT2D eigenvalue weighted by Crippen LogP contribution is -2.27. The summed E-state index contributed by atoms with van der Waals surface area (Å²) in [6.07, 6.45) is 4.99. The summed E-state index contributed by atoms with van der Waals surface area (Å²) in [7, 11) is 0. The van der Waals surface area contributed by atoms with Gasteiger partial charge in [-0.25, -0.2) is 4.39 Å². The molecular formula is C28H28FN3O2. The first-order chi connectivity index (χ1) is 16.6. The predicted octanol–water partition coefficient (Wildman–Crippen LogP) is 5.97. The van der Waals surface area contributed by atoms with Crippen molar-refractivity contribution in [3.63, 3.8) is 0 Å². The Labute approximate surface area is 198 Å². The third-order valence-corrected chi connectivity index (χ3v) is 6.30. The summed E-state index contributed by atoms with van der Waals surface area (Å²) >= 11 is 0. The van der Waals surface area contributed by atoms with E-state index in [0.29, 0.717) is 12.3 Å². The highest BCUT2D eigenvalue weighted by Gasteiger charge is 2.22. The van der Waals surface area contributed by atoms with Crippen LogP contribution in [0, 0.1) is 11.7 Å². The molecule has 5 nitrogen and oxygen atoms in total. The van der Waals surface area contributed by atoms with Crippen LogP contribution in [0.5, 0.6) is 5.75 Å². The fraction of sp³-hybridized carbons (Fsp3) is 0.286. The van der Waals surface area contributed by atoms with Gasteiger partial charge in [0.15, 0.2) is 0 Å². The zero-order chi connectivity index (χ0) is 23.5. The summed E-state index contributed by atoms with van der Waals surface area (Å²) in [5.74, 6) is 1.08. The van der Waals surface area contributed by atoms with Gasteiger partial charge in [-0.2, -0.15) is 0 Å². The summed E-state index contributed by atoms with van der Waals surface area (Å²) in [4.78, 5) is 20.6. The monoisotopic (exact) mass is 457 g/mol. The second-order valence-corrected chi connectivity index (χ2v) is 9.00. The standard InChI is InChI=1S/C28H28FN3O2/c1-18(25-13-10-22(16-30-25)34-17-19-7-8-19)31-27(33)14-11-23-24-15-21(29)9-12-26(24)32-28(23)20-5-3-2-4-6-20/h2-6,9-10,12-13,15-16,18-19,32H,7-8,11,14,17H2,1H3,(H,31,33). The molecule has 1 fully saturated rings. The van der Waals surface area contributed by atoms with Crippen LogP contribution in [-0.4, -0.2) is 22.5 Å². The van der Waals surface area contributed by atoms with Crippen LogP contribution in [0.3, 0.4) is 0 Å². The van der Waals surface area contributed by atoms with Crippen molar-refractivity contribution in [2.75, 3.05) is 6.61 Å². The lowest BCUT2D eigenvalue weighted by molar-refractivity contribution is -0.121. The molecule has 1 aliphatic carbocycles. The van der Waals surface area contributed by atoms with E-state index in [1.807, 2.05) is 49.4 Å². The van der Waals surface area contributed by atoms with E-state index < -0.39 is 0 Å². The lowest BCUT2D eigenvalue weighted by Gasteiger charge is -2.14. The fourth-order valence-electron chi connectivity index (χ4n) is 4.19. The van der Waals surface area contributed by atoms with E-state index in [4.69, 9.17) is 4.74 Å². The number of fused-ring (bicyclic) bond motifs is 1. The molecule has 1 atom stereocenters. The van der Waals surface area contributed by atoms with E-state index in [2.05, 4.69) is 15.3 Å². The molecule has 1 amide bonds. The molecule has 4 aromatic rings. The van der Waals surface area contributed by atoms with Crippen LogP contribution in [-0.2, 0) is 11.2 Å². The van der Waals surface area contributed by atoms with Gasteiger partial charge in [0.05, 0.1) is 24.5 Å². The van der Waals surface area contributed by atoms with Crippen LogP contribution in [0.2, 0.25) is 0 Å². The van der Waals surface area contributed by atoms with E-state index in [9.17, 15) is 9.18 Å². The number of aryl methyl sites for hydroxylation is 1. The molecule has 0 aliphatic heterocycles. The summed E-state index contributed by atoms with van der Waals surface area (Å²) in [6.45, 7) is 2.66. The Balaban J connectivity index is 1.26. The smallest absolute Gasteiger partial charge is 0.220 e. The first-order valence-corrected chi connectivity index (χ1v) is 11.8. The molecule has 0 bridgehead atoms. The van der Waals surface area contributed by atoms with E-state index in [-0.39, 0.29) is 24.2 Å².